The second-order valence-electron chi connectivity index (χ2n) is 11.5. The molecule has 2 saturated heterocycles. The first-order chi connectivity index (χ1) is 20.9. The Hall–Kier alpha value is -4.24. The standard InChI is InChI=1S/C31H34F2N8O2/c1-19(32)30(42)41-12-11-40(17-22(41)14-34-2)29-25-16-36-27(24-15-35-13-20-7-4-5-9-23(20)24)26(33)28(25)37-31(38-29)43-18-21-8-6-10-39(21)3/h13,15-16,21-22H,1,4-12,14,17-18H2,3H3/t21-,22-/m0/s1. The molecule has 2 aliphatic heterocycles. The van der Waals surface area contributed by atoms with Crippen LogP contribution in [0.15, 0.2) is 31.0 Å². The Labute approximate surface area is 249 Å². The van der Waals surface area contributed by atoms with Gasteiger partial charge in [-0.05, 0) is 63.2 Å². The number of pyridine rings is 2. The van der Waals surface area contributed by atoms with Crippen molar-refractivity contribution in [2.75, 3.05) is 51.3 Å². The fourth-order valence-electron chi connectivity index (χ4n) is 6.47. The van der Waals surface area contributed by atoms with E-state index in [1.165, 1.54) is 4.90 Å². The number of carbonyl (C=O) groups is 1. The number of likely N-dealkylation sites (tertiary alicyclic amines) is 1. The summed E-state index contributed by atoms with van der Waals surface area (Å²) >= 11 is 0. The molecule has 2 fully saturated rings. The number of ether oxygens (including phenoxy) is 1. The van der Waals surface area contributed by atoms with Gasteiger partial charge < -0.3 is 24.3 Å². The normalized spacial score (nSPS) is 20.6. The molecule has 0 unspecified atom stereocenters. The molecule has 2 atom stereocenters. The summed E-state index contributed by atoms with van der Waals surface area (Å²) in [6, 6.07) is -0.356. The summed E-state index contributed by atoms with van der Waals surface area (Å²) in [6.07, 6.45) is 11.0. The minimum Gasteiger partial charge on any atom is -0.462 e. The van der Waals surface area contributed by atoms with Crippen molar-refractivity contribution < 1.29 is 18.3 Å². The van der Waals surface area contributed by atoms with Crippen LogP contribution in [0.2, 0.25) is 0 Å². The lowest BCUT2D eigenvalue weighted by atomic mass is 9.89. The third-order valence-electron chi connectivity index (χ3n) is 8.82. The summed E-state index contributed by atoms with van der Waals surface area (Å²) in [4.78, 5) is 39.6. The highest BCUT2D eigenvalue weighted by Gasteiger charge is 2.35. The van der Waals surface area contributed by atoms with Crippen molar-refractivity contribution in [2.45, 2.75) is 50.6 Å². The van der Waals surface area contributed by atoms with Crippen LogP contribution in [0.4, 0.5) is 14.6 Å². The summed E-state index contributed by atoms with van der Waals surface area (Å²) in [5.41, 5.74) is 3.12. The summed E-state index contributed by atoms with van der Waals surface area (Å²) in [7, 11) is 2.05. The number of nitrogens with zero attached hydrogens (tertiary/aromatic N) is 8. The van der Waals surface area contributed by atoms with E-state index >= 15 is 4.39 Å². The summed E-state index contributed by atoms with van der Waals surface area (Å²) in [5.74, 6) is -2.08. The molecule has 0 bridgehead atoms. The van der Waals surface area contributed by atoms with E-state index in [1.807, 2.05) is 18.1 Å². The summed E-state index contributed by atoms with van der Waals surface area (Å²) in [5, 5.41) is 0.389. The molecule has 6 rings (SSSR count). The van der Waals surface area contributed by atoms with Gasteiger partial charge in [-0.2, -0.15) is 9.97 Å². The molecule has 1 aliphatic carbocycles. The van der Waals surface area contributed by atoms with E-state index in [0.717, 1.165) is 56.2 Å². The predicted molar refractivity (Wildman–Crippen MR) is 158 cm³/mol. The van der Waals surface area contributed by atoms with Crippen LogP contribution in [0.25, 0.3) is 27.0 Å². The molecular weight excluding hydrogens is 554 g/mol. The molecule has 0 spiro atoms. The second kappa shape index (κ2) is 12.2. The topological polar surface area (TPSA) is 91.9 Å². The second-order valence-corrected chi connectivity index (χ2v) is 11.5. The molecular formula is C31H34F2N8O2. The van der Waals surface area contributed by atoms with Crippen LogP contribution in [0, 0.1) is 12.4 Å². The van der Waals surface area contributed by atoms with Crippen LogP contribution < -0.4 is 9.64 Å². The average Bonchev–Trinajstić information content (AvgIpc) is 3.44. The lowest BCUT2D eigenvalue weighted by molar-refractivity contribution is -0.131. The highest BCUT2D eigenvalue weighted by Crippen LogP contribution is 2.36. The van der Waals surface area contributed by atoms with Gasteiger partial charge in [0.15, 0.2) is 11.6 Å². The van der Waals surface area contributed by atoms with E-state index in [2.05, 4.69) is 31.3 Å². The van der Waals surface area contributed by atoms with Crippen LogP contribution in [-0.2, 0) is 17.6 Å². The van der Waals surface area contributed by atoms with Crippen molar-refractivity contribution in [3.63, 3.8) is 0 Å². The van der Waals surface area contributed by atoms with Gasteiger partial charge in [-0.15, -0.1) is 0 Å². The van der Waals surface area contributed by atoms with Gasteiger partial charge >= 0.3 is 6.01 Å². The largest absolute Gasteiger partial charge is 0.462 e. The number of fused-ring (bicyclic) bond motifs is 2. The third kappa shape index (κ3) is 5.61. The van der Waals surface area contributed by atoms with Gasteiger partial charge in [-0.1, -0.05) is 6.58 Å². The maximum absolute atomic E-state index is 16.5. The highest BCUT2D eigenvalue weighted by atomic mass is 19.1. The van der Waals surface area contributed by atoms with Gasteiger partial charge in [-0.25, -0.2) is 15.4 Å². The number of likely N-dealkylation sites (N-methyl/N-ethyl adjacent to an activating group) is 1. The fraction of sp³-hybridized carbons (Fsp3) is 0.484. The number of amides is 1. The molecule has 0 saturated carbocycles. The van der Waals surface area contributed by atoms with Crippen molar-refractivity contribution in [1.29, 1.82) is 0 Å². The van der Waals surface area contributed by atoms with Crippen molar-refractivity contribution in [3.8, 4) is 17.3 Å². The van der Waals surface area contributed by atoms with E-state index in [4.69, 9.17) is 16.3 Å². The van der Waals surface area contributed by atoms with Gasteiger partial charge in [0.2, 0.25) is 6.54 Å². The third-order valence-corrected chi connectivity index (χ3v) is 8.82. The number of halogens is 2. The monoisotopic (exact) mass is 588 g/mol. The SMILES string of the molecule is [C-]#[N+]C[C@H]1CN(c2nc(OC[C@@H]3CCCN3C)nc3c(F)c(-c4cncc5c4CCCC5)ncc23)CCN1C(=O)C(=C)F. The lowest BCUT2D eigenvalue weighted by Gasteiger charge is -2.39. The molecule has 3 aromatic heterocycles. The van der Waals surface area contributed by atoms with Crippen molar-refractivity contribution in [3.05, 3.63) is 59.4 Å². The Kier molecular flexibility index (Phi) is 8.17. The van der Waals surface area contributed by atoms with Gasteiger partial charge in [0.1, 0.15) is 29.7 Å². The molecule has 12 heteroatoms. The molecule has 224 valence electrons. The Balaban J connectivity index is 1.42. The van der Waals surface area contributed by atoms with Gasteiger partial charge in [-0.3, -0.25) is 14.8 Å². The fourth-order valence-corrected chi connectivity index (χ4v) is 6.47. The zero-order chi connectivity index (χ0) is 30.1. The van der Waals surface area contributed by atoms with E-state index in [0.29, 0.717) is 23.4 Å². The number of hydrogen-bond donors (Lipinski definition) is 0. The molecule has 0 N–H and O–H groups in total. The molecule has 0 aromatic carbocycles. The molecule has 43 heavy (non-hydrogen) atoms. The first-order valence-electron chi connectivity index (χ1n) is 14.7. The van der Waals surface area contributed by atoms with Crippen LogP contribution >= 0.6 is 0 Å². The summed E-state index contributed by atoms with van der Waals surface area (Å²) < 4.78 is 36.4. The lowest BCUT2D eigenvalue weighted by Crippen LogP contribution is -2.56. The zero-order valence-corrected chi connectivity index (χ0v) is 24.2. The average molecular weight is 589 g/mol. The number of piperazine rings is 1. The van der Waals surface area contributed by atoms with E-state index in [9.17, 15) is 9.18 Å². The number of hydrogen-bond acceptors (Lipinski definition) is 8. The minimum atomic E-state index is -1.07. The Morgan fingerprint density at radius 1 is 1.14 bits per heavy atom. The number of carbonyl (C=O) groups excluding carboxylic acids is 1. The summed E-state index contributed by atoms with van der Waals surface area (Å²) in [6.45, 7) is 12.5. The molecule has 1 amide bonds. The Bertz CT molecular complexity index is 1610. The van der Waals surface area contributed by atoms with Gasteiger partial charge in [0.25, 0.3) is 5.91 Å². The van der Waals surface area contributed by atoms with Crippen molar-refractivity contribution in [1.82, 2.24) is 29.7 Å². The van der Waals surface area contributed by atoms with Gasteiger partial charge in [0.05, 0.1) is 5.39 Å². The van der Waals surface area contributed by atoms with Crippen LogP contribution in [-0.4, -0.2) is 94.1 Å². The molecule has 10 nitrogen and oxygen atoms in total. The number of aryl methyl sites for hydroxylation is 1. The maximum atomic E-state index is 16.5. The number of aromatic nitrogens is 4. The van der Waals surface area contributed by atoms with Crippen molar-refractivity contribution in [2.24, 2.45) is 0 Å². The Morgan fingerprint density at radius 2 is 1.98 bits per heavy atom. The maximum Gasteiger partial charge on any atom is 0.319 e. The highest BCUT2D eigenvalue weighted by molar-refractivity contribution is 5.93. The predicted octanol–water partition coefficient (Wildman–Crippen LogP) is 4.00. The zero-order valence-electron chi connectivity index (χ0n) is 24.2. The van der Waals surface area contributed by atoms with E-state index < -0.39 is 23.6 Å². The van der Waals surface area contributed by atoms with E-state index in [1.54, 1.807) is 12.4 Å². The van der Waals surface area contributed by atoms with Crippen LogP contribution in [0.3, 0.4) is 0 Å². The van der Waals surface area contributed by atoms with E-state index in [-0.39, 0.29) is 49.4 Å². The molecule has 0 radical (unpaired) electrons. The van der Waals surface area contributed by atoms with Crippen LogP contribution in [0.5, 0.6) is 6.01 Å². The molecule has 5 heterocycles. The molecule has 3 aliphatic rings. The Morgan fingerprint density at radius 3 is 2.74 bits per heavy atom. The number of rotatable bonds is 7. The van der Waals surface area contributed by atoms with Gasteiger partial charge in [0, 0.05) is 49.8 Å². The smallest absolute Gasteiger partial charge is 0.319 e. The number of anilines is 1. The quantitative estimate of drug-likeness (QED) is 0.302. The van der Waals surface area contributed by atoms with Crippen LogP contribution in [0.1, 0.15) is 36.8 Å². The van der Waals surface area contributed by atoms with Crippen molar-refractivity contribution >= 4 is 22.6 Å². The first kappa shape index (κ1) is 28.9. The first-order valence-corrected chi connectivity index (χ1v) is 14.7. The molecule has 3 aromatic rings. The minimum absolute atomic E-state index is 0.0290.